The third-order valence-electron chi connectivity index (χ3n) is 3.10. The number of nitrogens with one attached hydrogen (secondary N) is 2. The molecule has 102 valence electrons. The minimum atomic E-state index is 0.900. The number of nitrogens with zero attached hydrogens (tertiary/aromatic N) is 1. The van der Waals surface area contributed by atoms with Crippen molar-refractivity contribution in [2.45, 2.75) is 33.2 Å². The average Bonchev–Trinajstić information content (AvgIpc) is 2.45. The van der Waals surface area contributed by atoms with Crippen LogP contribution in [0.4, 0.5) is 5.82 Å². The largest absolute Gasteiger partial charge is 0.370 e. The molecule has 2 N–H and O–H groups in total. The molecule has 2 rings (SSSR count). The highest BCUT2D eigenvalue weighted by molar-refractivity contribution is 5.84. The Kier molecular flexibility index (Phi) is 5.16. The van der Waals surface area contributed by atoms with Crippen molar-refractivity contribution in [2.75, 3.05) is 18.4 Å². The van der Waals surface area contributed by atoms with E-state index in [9.17, 15) is 0 Å². The monoisotopic (exact) mass is 257 g/mol. The Bertz CT molecular complexity index is 522. The molecule has 3 nitrogen and oxygen atoms in total. The minimum absolute atomic E-state index is 0.900. The summed E-state index contributed by atoms with van der Waals surface area (Å²) in [4.78, 5) is 4.66. The van der Waals surface area contributed by atoms with Gasteiger partial charge in [-0.05, 0) is 37.1 Å². The third-order valence-corrected chi connectivity index (χ3v) is 3.10. The highest BCUT2D eigenvalue weighted by atomic mass is 15.0. The summed E-state index contributed by atoms with van der Waals surface area (Å²) in [5.41, 5.74) is 2.38. The van der Waals surface area contributed by atoms with Crippen molar-refractivity contribution in [1.29, 1.82) is 0 Å². The standard InChI is InChI=1S/C16H23N3/c1-3-9-17-12-13-11-16(18-10-4-2)19-15-8-6-5-7-14(13)15/h5-8,11,17H,3-4,9-10,12H2,1-2H3,(H,18,19). The molecule has 1 aromatic heterocycles. The lowest BCUT2D eigenvalue weighted by Crippen LogP contribution is -2.14. The molecule has 0 bridgehead atoms. The molecule has 0 fully saturated rings. The maximum absolute atomic E-state index is 4.66. The van der Waals surface area contributed by atoms with Gasteiger partial charge in [0, 0.05) is 18.5 Å². The fourth-order valence-electron chi connectivity index (χ4n) is 2.14. The van der Waals surface area contributed by atoms with Crippen LogP contribution in [0.1, 0.15) is 32.3 Å². The van der Waals surface area contributed by atoms with E-state index in [0.717, 1.165) is 43.8 Å². The van der Waals surface area contributed by atoms with Gasteiger partial charge in [-0.3, -0.25) is 0 Å². The quantitative estimate of drug-likeness (QED) is 0.745. The van der Waals surface area contributed by atoms with Crippen molar-refractivity contribution in [3.63, 3.8) is 0 Å². The fraction of sp³-hybridized carbons (Fsp3) is 0.438. The molecule has 0 saturated heterocycles. The molecule has 3 heteroatoms. The highest BCUT2D eigenvalue weighted by Crippen LogP contribution is 2.20. The van der Waals surface area contributed by atoms with E-state index in [0.29, 0.717) is 0 Å². The fourth-order valence-corrected chi connectivity index (χ4v) is 2.14. The lowest BCUT2D eigenvalue weighted by atomic mass is 10.1. The van der Waals surface area contributed by atoms with Gasteiger partial charge < -0.3 is 10.6 Å². The molecule has 0 spiro atoms. The van der Waals surface area contributed by atoms with E-state index in [1.165, 1.54) is 10.9 Å². The molecule has 0 aliphatic heterocycles. The predicted molar refractivity (Wildman–Crippen MR) is 82.5 cm³/mol. The summed E-state index contributed by atoms with van der Waals surface area (Å²) in [6.45, 7) is 7.27. The van der Waals surface area contributed by atoms with E-state index >= 15 is 0 Å². The van der Waals surface area contributed by atoms with Crippen LogP contribution in [0.15, 0.2) is 30.3 Å². The molecule has 0 amide bonds. The molecule has 0 saturated carbocycles. The molecule has 0 aliphatic rings. The van der Waals surface area contributed by atoms with E-state index in [4.69, 9.17) is 0 Å². The van der Waals surface area contributed by atoms with Gasteiger partial charge in [0.05, 0.1) is 5.52 Å². The van der Waals surface area contributed by atoms with Gasteiger partial charge >= 0.3 is 0 Å². The second kappa shape index (κ2) is 7.10. The van der Waals surface area contributed by atoms with Gasteiger partial charge in [-0.15, -0.1) is 0 Å². The number of para-hydroxylation sites is 1. The number of hydrogen-bond acceptors (Lipinski definition) is 3. The highest BCUT2D eigenvalue weighted by Gasteiger charge is 2.04. The zero-order chi connectivity index (χ0) is 13.5. The van der Waals surface area contributed by atoms with Gasteiger partial charge in [-0.1, -0.05) is 32.0 Å². The van der Waals surface area contributed by atoms with Crippen LogP contribution in [0, 0.1) is 0 Å². The molecule has 1 aromatic carbocycles. The van der Waals surface area contributed by atoms with Crippen LogP contribution >= 0.6 is 0 Å². The molecule has 2 aromatic rings. The smallest absolute Gasteiger partial charge is 0.126 e. The Morgan fingerprint density at radius 2 is 1.84 bits per heavy atom. The van der Waals surface area contributed by atoms with E-state index < -0.39 is 0 Å². The summed E-state index contributed by atoms with van der Waals surface area (Å²) in [6.07, 6.45) is 2.27. The van der Waals surface area contributed by atoms with Crippen LogP contribution < -0.4 is 10.6 Å². The van der Waals surface area contributed by atoms with Gasteiger partial charge in [0.2, 0.25) is 0 Å². The van der Waals surface area contributed by atoms with Gasteiger partial charge in [0.25, 0.3) is 0 Å². The minimum Gasteiger partial charge on any atom is -0.370 e. The summed E-state index contributed by atoms with van der Waals surface area (Å²) in [5, 5.41) is 8.09. The van der Waals surface area contributed by atoms with Crippen LogP contribution in [-0.2, 0) is 6.54 Å². The van der Waals surface area contributed by atoms with Crippen LogP contribution in [0.25, 0.3) is 10.9 Å². The second-order valence-electron chi connectivity index (χ2n) is 4.79. The average molecular weight is 257 g/mol. The molecule has 1 heterocycles. The van der Waals surface area contributed by atoms with Crippen LogP contribution in [0.3, 0.4) is 0 Å². The lowest BCUT2D eigenvalue weighted by molar-refractivity contribution is 0.678. The van der Waals surface area contributed by atoms with Gasteiger partial charge in [-0.2, -0.15) is 0 Å². The molecule has 19 heavy (non-hydrogen) atoms. The van der Waals surface area contributed by atoms with Crippen LogP contribution in [-0.4, -0.2) is 18.1 Å². The number of hydrogen-bond donors (Lipinski definition) is 2. The number of aromatic nitrogens is 1. The normalized spacial score (nSPS) is 10.8. The molecule has 0 radical (unpaired) electrons. The first kappa shape index (κ1) is 13.8. The number of pyridine rings is 1. The lowest BCUT2D eigenvalue weighted by Gasteiger charge is -2.11. The maximum atomic E-state index is 4.66. The Labute approximate surface area is 115 Å². The zero-order valence-electron chi connectivity index (χ0n) is 11.9. The van der Waals surface area contributed by atoms with Crippen molar-refractivity contribution < 1.29 is 0 Å². The van der Waals surface area contributed by atoms with Gasteiger partial charge in [0.1, 0.15) is 5.82 Å². The van der Waals surface area contributed by atoms with E-state index in [2.05, 4.69) is 53.7 Å². The summed E-state index contributed by atoms with van der Waals surface area (Å²) >= 11 is 0. The number of rotatable bonds is 7. The Balaban J connectivity index is 2.28. The predicted octanol–water partition coefficient (Wildman–Crippen LogP) is 3.56. The van der Waals surface area contributed by atoms with Crippen molar-refractivity contribution in [3.8, 4) is 0 Å². The van der Waals surface area contributed by atoms with Crippen LogP contribution in [0.2, 0.25) is 0 Å². The first-order chi connectivity index (χ1) is 9.35. The van der Waals surface area contributed by atoms with Crippen molar-refractivity contribution >= 4 is 16.7 Å². The summed E-state index contributed by atoms with van der Waals surface area (Å²) in [7, 11) is 0. The van der Waals surface area contributed by atoms with Crippen molar-refractivity contribution in [1.82, 2.24) is 10.3 Å². The molecule has 0 unspecified atom stereocenters. The second-order valence-corrected chi connectivity index (χ2v) is 4.79. The number of anilines is 1. The molecular weight excluding hydrogens is 234 g/mol. The van der Waals surface area contributed by atoms with Crippen molar-refractivity contribution in [2.24, 2.45) is 0 Å². The van der Waals surface area contributed by atoms with E-state index in [1.807, 2.05) is 6.07 Å². The molecule has 0 aliphatic carbocycles. The Morgan fingerprint density at radius 1 is 1.05 bits per heavy atom. The summed E-state index contributed by atoms with van der Waals surface area (Å²) < 4.78 is 0. The summed E-state index contributed by atoms with van der Waals surface area (Å²) in [6, 6.07) is 10.5. The van der Waals surface area contributed by atoms with Gasteiger partial charge in [-0.25, -0.2) is 4.98 Å². The van der Waals surface area contributed by atoms with Crippen molar-refractivity contribution in [3.05, 3.63) is 35.9 Å². The SMILES string of the molecule is CCCNCc1cc(NCCC)nc2ccccc12. The van der Waals surface area contributed by atoms with Crippen LogP contribution in [0.5, 0.6) is 0 Å². The first-order valence-electron chi connectivity index (χ1n) is 7.18. The summed E-state index contributed by atoms with van der Waals surface area (Å²) in [5.74, 6) is 0.980. The molecular formula is C16H23N3. The number of benzene rings is 1. The van der Waals surface area contributed by atoms with Gasteiger partial charge in [0.15, 0.2) is 0 Å². The maximum Gasteiger partial charge on any atom is 0.126 e. The molecule has 0 atom stereocenters. The topological polar surface area (TPSA) is 37.0 Å². The zero-order valence-corrected chi connectivity index (χ0v) is 11.9. The number of fused-ring (bicyclic) bond motifs is 1. The van der Waals surface area contributed by atoms with E-state index in [1.54, 1.807) is 0 Å². The Morgan fingerprint density at radius 3 is 2.63 bits per heavy atom. The Hall–Kier alpha value is -1.61. The van der Waals surface area contributed by atoms with E-state index in [-0.39, 0.29) is 0 Å². The first-order valence-corrected chi connectivity index (χ1v) is 7.18. The third kappa shape index (κ3) is 3.67.